The SMILES string of the molecule is CC(C)C(NC(=O)CCCCCN1C(=O)C2Cc3ccccc3CN2C1=O)C(=O)O. The predicted molar refractivity (Wildman–Crippen MR) is 109 cm³/mol. The fourth-order valence-corrected chi connectivity index (χ4v) is 4.07. The summed E-state index contributed by atoms with van der Waals surface area (Å²) in [6.45, 7) is 4.29. The van der Waals surface area contributed by atoms with Crippen molar-refractivity contribution in [3.63, 3.8) is 0 Å². The standard InChI is InChI=1S/C22H29N3O5/c1-14(2)19(21(28)29)23-18(26)10-4-3-7-11-24-20(27)17-12-15-8-5-6-9-16(15)13-25(17)22(24)30/h5-6,8-9,14,17,19H,3-4,7,10-13H2,1-2H3,(H,23,26)(H,28,29). The maximum absolute atomic E-state index is 12.7. The number of unbranched alkanes of at least 4 members (excludes halogenated alkanes) is 2. The van der Waals surface area contributed by atoms with Crippen LogP contribution >= 0.6 is 0 Å². The number of rotatable bonds is 9. The van der Waals surface area contributed by atoms with Gasteiger partial charge in [-0.05, 0) is 29.9 Å². The lowest BCUT2D eigenvalue weighted by Crippen LogP contribution is -2.44. The molecular formula is C22H29N3O5. The van der Waals surface area contributed by atoms with Crippen LogP contribution in [0.25, 0.3) is 0 Å². The minimum Gasteiger partial charge on any atom is -0.480 e. The van der Waals surface area contributed by atoms with E-state index in [9.17, 15) is 19.2 Å². The van der Waals surface area contributed by atoms with Crippen molar-refractivity contribution in [2.45, 2.75) is 64.6 Å². The van der Waals surface area contributed by atoms with E-state index in [1.165, 1.54) is 4.90 Å². The van der Waals surface area contributed by atoms with E-state index >= 15 is 0 Å². The van der Waals surface area contributed by atoms with E-state index in [0.717, 1.165) is 11.1 Å². The first-order valence-electron chi connectivity index (χ1n) is 10.5. The molecule has 2 aliphatic heterocycles. The molecule has 30 heavy (non-hydrogen) atoms. The average Bonchev–Trinajstić information content (AvgIpc) is 2.93. The number of aliphatic carboxylic acids is 1. The summed E-state index contributed by atoms with van der Waals surface area (Å²) in [6, 6.07) is 6.34. The van der Waals surface area contributed by atoms with Gasteiger partial charge < -0.3 is 15.3 Å². The highest BCUT2D eigenvalue weighted by Gasteiger charge is 2.46. The van der Waals surface area contributed by atoms with Crippen LogP contribution in [0.4, 0.5) is 4.79 Å². The molecule has 1 aromatic carbocycles. The Morgan fingerprint density at radius 3 is 2.50 bits per heavy atom. The summed E-state index contributed by atoms with van der Waals surface area (Å²) >= 11 is 0. The number of amides is 4. The van der Waals surface area contributed by atoms with Crippen molar-refractivity contribution in [2.75, 3.05) is 6.54 Å². The number of fused-ring (bicyclic) bond motifs is 2. The third kappa shape index (κ3) is 4.63. The number of nitrogens with one attached hydrogen (secondary N) is 1. The minimum atomic E-state index is -1.04. The molecule has 2 N–H and O–H groups in total. The summed E-state index contributed by atoms with van der Waals surface area (Å²) in [7, 11) is 0. The molecule has 0 aliphatic carbocycles. The second-order valence-corrected chi connectivity index (χ2v) is 8.33. The van der Waals surface area contributed by atoms with Crippen molar-refractivity contribution in [1.29, 1.82) is 0 Å². The number of nitrogens with zero attached hydrogens (tertiary/aromatic N) is 2. The van der Waals surface area contributed by atoms with Crippen molar-refractivity contribution >= 4 is 23.8 Å². The lowest BCUT2D eigenvalue weighted by atomic mass is 9.95. The molecule has 1 fully saturated rings. The molecule has 0 bridgehead atoms. The van der Waals surface area contributed by atoms with Crippen LogP contribution in [0, 0.1) is 5.92 Å². The quantitative estimate of drug-likeness (QED) is 0.475. The molecule has 2 aliphatic rings. The maximum atomic E-state index is 12.7. The third-order valence-corrected chi connectivity index (χ3v) is 5.81. The minimum absolute atomic E-state index is 0.145. The van der Waals surface area contributed by atoms with E-state index in [1.54, 1.807) is 18.7 Å². The zero-order valence-corrected chi connectivity index (χ0v) is 17.5. The molecule has 3 rings (SSSR count). The van der Waals surface area contributed by atoms with Crippen LogP contribution in [-0.4, -0.2) is 57.3 Å². The second kappa shape index (κ2) is 9.28. The number of imide groups is 1. The lowest BCUT2D eigenvalue weighted by Gasteiger charge is -2.28. The molecule has 2 heterocycles. The number of carbonyl (C=O) groups is 4. The molecular weight excluding hydrogens is 386 g/mol. The molecule has 4 amide bonds. The summed E-state index contributed by atoms with van der Waals surface area (Å²) in [6.07, 6.45) is 2.64. The summed E-state index contributed by atoms with van der Waals surface area (Å²) in [4.78, 5) is 51.5. The van der Waals surface area contributed by atoms with Crippen molar-refractivity contribution in [3.05, 3.63) is 35.4 Å². The van der Waals surface area contributed by atoms with Gasteiger partial charge in [0.2, 0.25) is 5.91 Å². The van der Waals surface area contributed by atoms with Crippen LogP contribution in [0.3, 0.4) is 0 Å². The number of carboxylic acids is 1. The first-order chi connectivity index (χ1) is 14.3. The Balaban J connectivity index is 1.43. The smallest absolute Gasteiger partial charge is 0.327 e. The topological polar surface area (TPSA) is 107 Å². The second-order valence-electron chi connectivity index (χ2n) is 8.33. The van der Waals surface area contributed by atoms with Gasteiger partial charge in [0.1, 0.15) is 12.1 Å². The lowest BCUT2D eigenvalue weighted by molar-refractivity contribution is -0.143. The van der Waals surface area contributed by atoms with Gasteiger partial charge in [-0.3, -0.25) is 14.5 Å². The molecule has 2 unspecified atom stereocenters. The molecule has 8 nitrogen and oxygen atoms in total. The van der Waals surface area contributed by atoms with E-state index in [2.05, 4.69) is 5.32 Å². The van der Waals surface area contributed by atoms with Crippen molar-refractivity contribution < 1.29 is 24.3 Å². The Kier molecular flexibility index (Phi) is 6.74. The summed E-state index contributed by atoms with van der Waals surface area (Å²) in [5.41, 5.74) is 2.21. The van der Waals surface area contributed by atoms with E-state index in [4.69, 9.17) is 5.11 Å². The molecule has 0 aromatic heterocycles. The Labute approximate surface area is 176 Å². The first-order valence-corrected chi connectivity index (χ1v) is 10.5. The highest BCUT2D eigenvalue weighted by Crippen LogP contribution is 2.30. The van der Waals surface area contributed by atoms with Gasteiger partial charge in [-0.2, -0.15) is 0 Å². The van der Waals surface area contributed by atoms with E-state index in [0.29, 0.717) is 38.8 Å². The van der Waals surface area contributed by atoms with Crippen LogP contribution in [-0.2, 0) is 27.3 Å². The zero-order chi connectivity index (χ0) is 21.8. The number of carbonyl (C=O) groups excluding carboxylic acids is 3. The van der Waals surface area contributed by atoms with Gasteiger partial charge in [0, 0.05) is 25.9 Å². The van der Waals surface area contributed by atoms with Crippen LogP contribution in [0.2, 0.25) is 0 Å². The number of hydrogen-bond acceptors (Lipinski definition) is 4. The summed E-state index contributed by atoms with van der Waals surface area (Å²) in [5, 5.41) is 11.7. The molecule has 0 radical (unpaired) electrons. The molecule has 0 saturated carbocycles. The van der Waals surface area contributed by atoms with E-state index in [-0.39, 0.29) is 30.2 Å². The number of hydrogen-bond donors (Lipinski definition) is 2. The number of carboxylic acid groups (broad SMARTS) is 1. The molecule has 1 aromatic rings. The maximum Gasteiger partial charge on any atom is 0.327 e. The van der Waals surface area contributed by atoms with Crippen molar-refractivity contribution in [2.24, 2.45) is 5.92 Å². The van der Waals surface area contributed by atoms with Gasteiger partial charge in [0.15, 0.2) is 0 Å². The Morgan fingerprint density at radius 2 is 1.83 bits per heavy atom. The van der Waals surface area contributed by atoms with E-state index in [1.807, 2.05) is 24.3 Å². The fraction of sp³-hybridized carbons (Fsp3) is 0.545. The molecule has 8 heteroatoms. The zero-order valence-electron chi connectivity index (χ0n) is 17.5. The van der Waals surface area contributed by atoms with Gasteiger partial charge in [-0.15, -0.1) is 0 Å². The number of urea groups is 1. The fourth-order valence-electron chi connectivity index (χ4n) is 4.07. The monoisotopic (exact) mass is 415 g/mol. The average molecular weight is 415 g/mol. The first kappa shape index (κ1) is 21.8. The molecule has 1 saturated heterocycles. The third-order valence-electron chi connectivity index (χ3n) is 5.81. The molecule has 2 atom stereocenters. The van der Waals surface area contributed by atoms with E-state index < -0.39 is 18.1 Å². The van der Waals surface area contributed by atoms with Crippen LogP contribution in [0.1, 0.15) is 50.7 Å². The normalized spacial score (nSPS) is 19.0. The van der Waals surface area contributed by atoms with Crippen LogP contribution in [0.15, 0.2) is 24.3 Å². The summed E-state index contributed by atoms with van der Waals surface area (Å²) in [5.74, 6) is -1.67. The predicted octanol–water partition coefficient (Wildman–Crippen LogP) is 2.16. The summed E-state index contributed by atoms with van der Waals surface area (Å²) < 4.78 is 0. The van der Waals surface area contributed by atoms with Gasteiger partial charge >= 0.3 is 12.0 Å². The van der Waals surface area contributed by atoms with Crippen molar-refractivity contribution in [1.82, 2.24) is 15.1 Å². The number of benzene rings is 1. The molecule has 0 spiro atoms. The largest absolute Gasteiger partial charge is 0.480 e. The van der Waals surface area contributed by atoms with Gasteiger partial charge in [0.25, 0.3) is 5.91 Å². The van der Waals surface area contributed by atoms with Gasteiger partial charge in [-0.1, -0.05) is 44.5 Å². The Bertz CT molecular complexity index is 795. The Morgan fingerprint density at radius 1 is 1.13 bits per heavy atom. The van der Waals surface area contributed by atoms with Gasteiger partial charge in [0.05, 0.1) is 0 Å². The highest BCUT2D eigenvalue weighted by molar-refractivity contribution is 6.04. The Hall–Kier alpha value is -2.90. The highest BCUT2D eigenvalue weighted by atomic mass is 16.4. The van der Waals surface area contributed by atoms with Crippen molar-refractivity contribution in [3.8, 4) is 0 Å². The van der Waals surface area contributed by atoms with Gasteiger partial charge in [-0.25, -0.2) is 9.59 Å². The van der Waals surface area contributed by atoms with Crippen LogP contribution in [0.5, 0.6) is 0 Å². The molecule has 162 valence electrons. The van der Waals surface area contributed by atoms with Crippen LogP contribution < -0.4 is 5.32 Å².